The van der Waals surface area contributed by atoms with Crippen molar-refractivity contribution in [1.82, 2.24) is 10.2 Å². The predicted octanol–water partition coefficient (Wildman–Crippen LogP) is 1.32. The van der Waals surface area contributed by atoms with Crippen molar-refractivity contribution in [2.45, 2.75) is 58.5 Å². The van der Waals surface area contributed by atoms with Crippen molar-refractivity contribution >= 4 is 11.8 Å². The Kier molecular flexibility index (Phi) is 5.79. The zero-order chi connectivity index (χ0) is 14.5. The lowest BCUT2D eigenvalue weighted by molar-refractivity contribution is -0.139. The van der Waals surface area contributed by atoms with Gasteiger partial charge in [-0.1, -0.05) is 6.92 Å². The molecule has 1 saturated heterocycles. The van der Waals surface area contributed by atoms with Crippen LogP contribution in [0.3, 0.4) is 0 Å². The molecule has 0 bridgehead atoms. The van der Waals surface area contributed by atoms with Gasteiger partial charge in [0.1, 0.15) is 5.54 Å². The van der Waals surface area contributed by atoms with E-state index in [1.54, 1.807) is 6.92 Å². The minimum atomic E-state index is -0.770. The lowest BCUT2D eigenvalue weighted by Crippen LogP contribution is -2.55. The SMILES string of the molecule is CCOCCCN1C(=O)C(C)(CC)NC(=O)CC1C. The van der Waals surface area contributed by atoms with E-state index in [1.165, 1.54) is 0 Å². The highest BCUT2D eigenvalue weighted by Crippen LogP contribution is 2.21. The molecule has 0 aromatic rings. The Morgan fingerprint density at radius 3 is 2.68 bits per heavy atom. The number of amides is 2. The zero-order valence-electron chi connectivity index (χ0n) is 12.5. The van der Waals surface area contributed by atoms with E-state index in [9.17, 15) is 9.59 Å². The number of ether oxygens (including phenoxy) is 1. The van der Waals surface area contributed by atoms with Gasteiger partial charge >= 0.3 is 0 Å². The normalized spacial score (nSPS) is 28.2. The third kappa shape index (κ3) is 3.93. The average Bonchev–Trinajstić information content (AvgIpc) is 2.44. The molecule has 0 radical (unpaired) electrons. The van der Waals surface area contributed by atoms with Crippen LogP contribution in [0.2, 0.25) is 0 Å². The van der Waals surface area contributed by atoms with Gasteiger partial charge in [-0.2, -0.15) is 0 Å². The summed E-state index contributed by atoms with van der Waals surface area (Å²) in [6, 6.07) is -0.0532. The van der Waals surface area contributed by atoms with Crippen molar-refractivity contribution < 1.29 is 14.3 Å². The molecule has 110 valence electrons. The minimum absolute atomic E-state index is 0.0184. The molecule has 5 heteroatoms. The first kappa shape index (κ1) is 16.0. The summed E-state index contributed by atoms with van der Waals surface area (Å²) in [4.78, 5) is 26.2. The summed E-state index contributed by atoms with van der Waals surface area (Å²) in [7, 11) is 0. The molecule has 19 heavy (non-hydrogen) atoms. The quantitative estimate of drug-likeness (QED) is 0.741. The first-order valence-corrected chi connectivity index (χ1v) is 7.14. The monoisotopic (exact) mass is 270 g/mol. The molecule has 1 heterocycles. The largest absolute Gasteiger partial charge is 0.382 e. The van der Waals surface area contributed by atoms with Gasteiger partial charge in [0.15, 0.2) is 0 Å². The van der Waals surface area contributed by atoms with Crippen LogP contribution in [0, 0.1) is 0 Å². The van der Waals surface area contributed by atoms with Gasteiger partial charge in [-0.15, -0.1) is 0 Å². The molecule has 0 spiro atoms. The Hall–Kier alpha value is -1.10. The van der Waals surface area contributed by atoms with E-state index in [-0.39, 0.29) is 17.9 Å². The van der Waals surface area contributed by atoms with Crippen LogP contribution in [0.1, 0.15) is 47.0 Å². The summed E-state index contributed by atoms with van der Waals surface area (Å²) in [5.74, 6) is -0.0256. The van der Waals surface area contributed by atoms with Crippen LogP contribution in [0.5, 0.6) is 0 Å². The maximum absolute atomic E-state index is 12.6. The molecule has 2 atom stereocenters. The van der Waals surface area contributed by atoms with Crippen LogP contribution in [0.4, 0.5) is 0 Å². The lowest BCUT2D eigenvalue weighted by atomic mass is 9.97. The van der Waals surface area contributed by atoms with Crippen molar-refractivity contribution in [1.29, 1.82) is 0 Å². The molecule has 2 unspecified atom stereocenters. The predicted molar refractivity (Wildman–Crippen MR) is 73.7 cm³/mol. The van der Waals surface area contributed by atoms with Crippen LogP contribution in [0.25, 0.3) is 0 Å². The first-order chi connectivity index (χ1) is 8.94. The van der Waals surface area contributed by atoms with Gasteiger partial charge in [-0.25, -0.2) is 0 Å². The van der Waals surface area contributed by atoms with Gasteiger partial charge in [-0.3, -0.25) is 9.59 Å². The van der Waals surface area contributed by atoms with Crippen molar-refractivity contribution in [2.75, 3.05) is 19.8 Å². The molecule has 0 aliphatic carbocycles. The lowest BCUT2D eigenvalue weighted by Gasteiger charge is -2.33. The molecule has 1 aliphatic rings. The molecular formula is C14H26N2O3. The van der Waals surface area contributed by atoms with Crippen molar-refractivity contribution in [3.05, 3.63) is 0 Å². The molecule has 1 rings (SSSR count). The van der Waals surface area contributed by atoms with Crippen LogP contribution in [0.15, 0.2) is 0 Å². The maximum Gasteiger partial charge on any atom is 0.248 e. The Morgan fingerprint density at radius 1 is 1.42 bits per heavy atom. The molecular weight excluding hydrogens is 244 g/mol. The number of hydrogen-bond acceptors (Lipinski definition) is 3. The molecule has 2 amide bonds. The summed E-state index contributed by atoms with van der Waals surface area (Å²) in [6.45, 7) is 9.60. The number of carbonyl (C=O) groups is 2. The van der Waals surface area contributed by atoms with Crippen LogP contribution < -0.4 is 5.32 Å². The average molecular weight is 270 g/mol. The summed E-state index contributed by atoms with van der Waals surface area (Å²) >= 11 is 0. The summed E-state index contributed by atoms with van der Waals surface area (Å²) < 4.78 is 5.31. The number of hydrogen-bond donors (Lipinski definition) is 1. The Bertz CT molecular complexity index is 333. The Morgan fingerprint density at radius 2 is 2.11 bits per heavy atom. The van der Waals surface area contributed by atoms with Crippen molar-refractivity contribution in [3.63, 3.8) is 0 Å². The fourth-order valence-corrected chi connectivity index (χ4v) is 2.35. The van der Waals surface area contributed by atoms with Crippen LogP contribution >= 0.6 is 0 Å². The van der Waals surface area contributed by atoms with Crippen LogP contribution in [-0.4, -0.2) is 48.1 Å². The fraction of sp³-hybridized carbons (Fsp3) is 0.857. The van der Waals surface area contributed by atoms with E-state index in [0.717, 1.165) is 6.42 Å². The molecule has 1 fully saturated rings. The fourth-order valence-electron chi connectivity index (χ4n) is 2.35. The van der Waals surface area contributed by atoms with Gasteiger partial charge in [0.2, 0.25) is 11.8 Å². The van der Waals surface area contributed by atoms with E-state index >= 15 is 0 Å². The first-order valence-electron chi connectivity index (χ1n) is 7.14. The number of nitrogens with one attached hydrogen (secondary N) is 1. The van der Waals surface area contributed by atoms with Gasteiger partial charge in [0.25, 0.3) is 0 Å². The molecule has 1 N–H and O–H groups in total. The third-order valence-electron chi connectivity index (χ3n) is 3.76. The van der Waals surface area contributed by atoms with E-state index in [1.807, 2.05) is 25.7 Å². The molecule has 0 aromatic carbocycles. The second-order valence-corrected chi connectivity index (χ2v) is 5.34. The number of carbonyl (C=O) groups excluding carboxylic acids is 2. The second-order valence-electron chi connectivity index (χ2n) is 5.34. The van der Waals surface area contributed by atoms with E-state index in [0.29, 0.717) is 32.6 Å². The smallest absolute Gasteiger partial charge is 0.248 e. The number of nitrogens with zero attached hydrogens (tertiary/aromatic N) is 1. The zero-order valence-corrected chi connectivity index (χ0v) is 12.5. The topological polar surface area (TPSA) is 58.6 Å². The van der Waals surface area contributed by atoms with Gasteiger partial charge in [0.05, 0.1) is 0 Å². The maximum atomic E-state index is 12.6. The summed E-state index contributed by atoms with van der Waals surface area (Å²) in [5, 5.41) is 2.86. The Balaban J connectivity index is 2.75. The summed E-state index contributed by atoms with van der Waals surface area (Å²) in [6.07, 6.45) is 1.78. The molecule has 5 nitrogen and oxygen atoms in total. The second kappa shape index (κ2) is 6.89. The molecule has 0 aromatic heterocycles. The third-order valence-corrected chi connectivity index (χ3v) is 3.76. The van der Waals surface area contributed by atoms with Crippen LogP contribution in [-0.2, 0) is 14.3 Å². The highest BCUT2D eigenvalue weighted by molar-refractivity contribution is 5.93. The summed E-state index contributed by atoms with van der Waals surface area (Å²) in [5.41, 5.74) is -0.770. The van der Waals surface area contributed by atoms with Crippen molar-refractivity contribution in [3.8, 4) is 0 Å². The van der Waals surface area contributed by atoms with E-state index < -0.39 is 5.54 Å². The number of rotatable bonds is 6. The Labute approximate surface area is 115 Å². The molecule has 0 saturated carbocycles. The minimum Gasteiger partial charge on any atom is -0.382 e. The van der Waals surface area contributed by atoms with E-state index in [2.05, 4.69) is 5.32 Å². The van der Waals surface area contributed by atoms with E-state index in [4.69, 9.17) is 4.74 Å². The van der Waals surface area contributed by atoms with Crippen molar-refractivity contribution in [2.24, 2.45) is 0 Å². The van der Waals surface area contributed by atoms with Gasteiger partial charge < -0.3 is 15.0 Å². The van der Waals surface area contributed by atoms with Gasteiger partial charge in [0, 0.05) is 32.2 Å². The molecule has 1 aliphatic heterocycles. The standard InChI is InChI=1S/C14H26N2O3/c1-5-14(4)13(18)16(8-7-9-19-6-2)11(3)10-12(17)15-14/h11H,5-10H2,1-4H3,(H,15,17). The highest BCUT2D eigenvalue weighted by atomic mass is 16.5. The highest BCUT2D eigenvalue weighted by Gasteiger charge is 2.41. The van der Waals surface area contributed by atoms with Gasteiger partial charge in [-0.05, 0) is 33.6 Å².